The van der Waals surface area contributed by atoms with Crippen LogP contribution in [0.2, 0.25) is 0 Å². The maximum Gasteiger partial charge on any atom is 0.0802 e. The summed E-state index contributed by atoms with van der Waals surface area (Å²) in [4.78, 5) is 0. The van der Waals surface area contributed by atoms with E-state index in [4.69, 9.17) is 0 Å². The predicted octanol–water partition coefficient (Wildman–Crippen LogP) is 1.94. The van der Waals surface area contributed by atoms with Crippen LogP contribution in [0.25, 0.3) is 0 Å². The topological polar surface area (TPSA) is 40.5 Å². The van der Waals surface area contributed by atoms with Crippen LogP contribution in [-0.2, 0) is 0 Å². The zero-order valence-corrected chi connectivity index (χ0v) is 9.02. The average Bonchev–Trinajstić information content (AvgIpc) is 2.48. The van der Waals surface area contributed by atoms with E-state index < -0.39 is 12.2 Å². The summed E-state index contributed by atoms with van der Waals surface area (Å²) in [5, 5.41) is 19.0. The zero-order chi connectivity index (χ0) is 10.1. The smallest absolute Gasteiger partial charge is 0.0802 e. The van der Waals surface area contributed by atoms with Crippen molar-refractivity contribution in [2.75, 3.05) is 0 Å². The molecule has 2 saturated carbocycles. The highest BCUT2D eigenvalue weighted by molar-refractivity contribution is 4.88. The van der Waals surface area contributed by atoms with Crippen LogP contribution in [-0.4, -0.2) is 22.4 Å². The van der Waals surface area contributed by atoms with Crippen molar-refractivity contribution in [3.8, 4) is 0 Å². The van der Waals surface area contributed by atoms with Crippen molar-refractivity contribution in [1.82, 2.24) is 0 Å². The third kappa shape index (κ3) is 2.12. The van der Waals surface area contributed by atoms with E-state index in [2.05, 4.69) is 6.92 Å². The van der Waals surface area contributed by atoms with Gasteiger partial charge in [-0.25, -0.2) is 0 Å². The molecule has 0 amide bonds. The third-order valence-electron chi connectivity index (χ3n) is 4.26. The van der Waals surface area contributed by atoms with Crippen LogP contribution in [0.5, 0.6) is 0 Å². The van der Waals surface area contributed by atoms with Crippen LogP contribution >= 0.6 is 0 Å². The minimum Gasteiger partial charge on any atom is -0.390 e. The Labute approximate surface area is 86.3 Å². The quantitative estimate of drug-likeness (QED) is 0.676. The molecule has 2 nitrogen and oxygen atoms in total. The van der Waals surface area contributed by atoms with Gasteiger partial charge in [-0.15, -0.1) is 0 Å². The van der Waals surface area contributed by atoms with Gasteiger partial charge in [-0.2, -0.15) is 0 Å². The van der Waals surface area contributed by atoms with Gasteiger partial charge in [-0.1, -0.05) is 19.8 Å². The standard InChI is InChI=1S/C12H22O2/c1-8-2-4-9(5-3-8)10-6-11(13)12(14)7-10/h8-14H,2-7H2,1H3. The highest BCUT2D eigenvalue weighted by Crippen LogP contribution is 2.40. The first-order valence-corrected chi connectivity index (χ1v) is 6.03. The molecule has 0 saturated heterocycles. The van der Waals surface area contributed by atoms with Crippen LogP contribution in [0.4, 0.5) is 0 Å². The summed E-state index contributed by atoms with van der Waals surface area (Å²) >= 11 is 0. The number of aliphatic hydroxyl groups excluding tert-OH is 2. The van der Waals surface area contributed by atoms with Gasteiger partial charge >= 0.3 is 0 Å². The van der Waals surface area contributed by atoms with Crippen molar-refractivity contribution in [2.45, 2.75) is 57.7 Å². The van der Waals surface area contributed by atoms with Crippen LogP contribution in [0.15, 0.2) is 0 Å². The Morgan fingerprint density at radius 2 is 1.29 bits per heavy atom. The molecule has 82 valence electrons. The summed E-state index contributed by atoms with van der Waals surface area (Å²) in [6, 6.07) is 0. The molecule has 2 fully saturated rings. The van der Waals surface area contributed by atoms with Gasteiger partial charge in [0.25, 0.3) is 0 Å². The molecule has 0 spiro atoms. The van der Waals surface area contributed by atoms with Gasteiger partial charge in [-0.3, -0.25) is 0 Å². The van der Waals surface area contributed by atoms with Crippen molar-refractivity contribution >= 4 is 0 Å². The Hall–Kier alpha value is -0.0800. The summed E-state index contributed by atoms with van der Waals surface area (Å²) in [6.45, 7) is 2.33. The number of hydrogen-bond acceptors (Lipinski definition) is 2. The molecule has 2 aliphatic carbocycles. The minimum absolute atomic E-state index is 0.445. The van der Waals surface area contributed by atoms with E-state index in [-0.39, 0.29) is 0 Å². The van der Waals surface area contributed by atoms with E-state index in [1.54, 1.807) is 0 Å². The summed E-state index contributed by atoms with van der Waals surface area (Å²) in [7, 11) is 0. The Balaban J connectivity index is 1.85. The lowest BCUT2D eigenvalue weighted by Crippen LogP contribution is -2.19. The summed E-state index contributed by atoms with van der Waals surface area (Å²) in [6.07, 6.45) is 6.08. The first-order chi connectivity index (χ1) is 6.66. The summed E-state index contributed by atoms with van der Waals surface area (Å²) in [5.74, 6) is 2.26. The highest BCUT2D eigenvalue weighted by atomic mass is 16.3. The zero-order valence-electron chi connectivity index (χ0n) is 9.02. The van der Waals surface area contributed by atoms with E-state index in [0.29, 0.717) is 5.92 Å². The van der Waals surface area contributed by atoms with Crippen molar-refractivity contribution in [2.24, 2.45) is 17.8 Å². The molecule has 2 heteroatoms. The van der Waals surface area contributed by atoms with Gasteiger partial charge in [0.15, 0.2) is 0 Å². The third-order valence-corrected chi connectivity index (χ3v) is 4.26. The SMILES string of the molecule is CC1CCC(C2CC(O)C(O)C2)CC1. The summed E-state index contributed by atoms with van der Waals surface area (Å²) in [5.41, 5.74) is 0. The molecule has 2 atom stereocenters. The fourth-order valence-electron chi connectivity index (χ4n) is 3.17. The van der Waals surface area contributed by atoms with Gasteiger partial charge in [0.1, 0.15) is 0 Å². The Bertz CT molecular complexity index is 175. The van der Waals surface area contributed by atoms with Crippen LogP contribution in [0.3, 0.4) is 0 Å². The molecule has 0 aromatic carbocycles. The van der Waals surface area contributed by atoms with E-state index in [1.165, 1.54) is 25.7 Å². The Morgan fingerprint density at radius 1 is 0.786 bits per heavy atom. The monoisotopic (exact) mass is 198 g/mol. The van der Waals surface area contributed by atoms with E-state index in [1.807, 2.05) is 0 Å². The van der Waals surface area contributed by atoms with Crippen molar-refractivity contribution in [3.05, 3.63) is 0 Å². The first-order valence-electron chi connectivity index (χ1n) is 6.03. The second kappa shape index (κ2) is 4.19. The van der Waals surface area contributed by atoms with Crippen LogP contribution in [0.1, 0.15) is 45.4 Å². The molecule has 2 unspecified atom stereocenters. The minimum atomic E-state index is -0.445. The lowest BCUT2D eigenvalue weighted by atomic mass is 9.76. The molecular weight excluding hydrogens is 176 g/mol. The Morgan fingerprint density at radius 3 is 1.79 bits per heavy atom. The number of aliphatic hydroxyl groups is 2. The number of rotatable bonds is 1. The molecule has 14 heavy (non-hydrogen) atoms. The first kappa shape index (κ1) is 10.4. The van der Waals surface area contributed by atoms with E-state index in [0.717, 1.165) is 24.7 Å². The fourth-order valence-corrected chi connectivity index (χ4v) is 3.17. The molecule has 0 bridgehead atoms. The maximum atomic E-state index is 9.50. The lowest BCUT2D eigenvalue weighted by molar-refractivity contribution is 0.0438. The van der Waals surface area contributed by atoms with Crippen molar-refractivity contribution < 1.29 is 10.2 Å². The molecule has 0 aliphatic heterocycles. The molecule has 2 N–H and O–H groups in total. The highest BCUT2D eigenvalue weighted by Gasteiger charge is 2.36. The van der Waals surface area contributed by atoms with E-state index in [9.17, 15) is 10.2 Å². The lowest BCUT2D eigenvalue weighted by Gasteiger charge is -2.30. The maximum absolute atomic E-state index is 9.50. The number of hydrogen-bond donors (Lipinski definition) is 2. The average molecular weight is 198 g/mol. The molecule has 0 heterocycles. The van der Waals surface area contributed by atoms with E-state index >= 15 is 0 Å². The molecule has 0 aromatic rings. The molecule has 0 aromatic heterocycles. The van der Waals surface area contributed by atoms with Gasteiger partial charge < -0.3 is 10.2 Å². The van der Waals surface area contributed by atoms with Crippen LogP contribution in [0, 0.1) is 17.8 Å². The molecule has 2 aliphatic rings. The predicted molar refractivity (Wildman–Crippen MR) is 55.9 cm³/mol. The largest absolute Gasteiger partial charge is 0.390 e. The van der Waals surface area contributed by atoms with Gasteiger partial charge in [0.05, 0.1) is 12.2 Å². The van der Waals surface area contributed by atoms with Crippen LogP contribution < -0.4 is 0 Å². The van der Waals surface area contributed by atoms with Crippen molar-refractivity contribution in [1.29, 1.82) is 0 Å². The van der Waals surface area contributed by atoms with Gasteiger partial charge in [0, 0.05) is 0 Å². The second-order valence-corrected chi connectivity index (χ2v) is 5.39. The molecule has 2 rings (SSSR count). The fraction of sp³-hybridized carbons (Fsp3) is 1.00. The van der Waals surface area contributed by atoms with Gasteiger partial charge in [-0.05, 0) is 43.4 Å². The molecule has 0 radical (unpaired) electrons. The Kier molecular flexibility index (Phi) is 3.13. The van der Waals surface area contributed by atoms with Gasteiger partial charge in [0.2, 0.25) is 0 Å². The molecular formula is C12H22O2. The normalized spacial score (nSPS) is 49.5. The second-order valence-electron chi connectivity index (χ2n) is 5.39. The summed E-state index contributed by atoms with van der Waals surface area (Å²) < 4.78 is 0. The van der Waals surface area contributed by atoms with Crippen molar-refractivity contribution in [3.63, 3.8) is 0 Å².